The fourth-order valence-corrected chi connectivity index (χ4v) is 2.33. The van der Waals surface area contributed by atoms with E-state index >= 15 is 0 Å². The first-order chi connectivity index (χ1) is 9.10. The maximum atomic E-state index is 11.0. The van der Waals surface area contributed by atoms with E-state index in [0.29, 0.717) is 13.0 Å². The number of nitrogens with one attached hydrogen (secondary N) is 1. The zero-order valence-corrected chi connectivity index (χ0v) is 11.1. The molecule has 1 aromatic carbocycles. The third-order valence-electron chi connectivity index (χ3n) is 3.28. The Balaban J connectivity index is 2.02. The fourth-order valence-electron chi connectivity index (χ4n) is 2.33. The van der Waals surface area contributed by atoms with Crippen LogP contribution in [-0.4, -0.2) is 43.0 Å². The number of methoxy groups -OCH3 is 1. The van der Waals surface area contributed by atoms with Gasteiger partial charge in [0.1, 0.15) is 18.0 Å². The molecule has 1 aromatic rings. The number of rotatable bonds is 4. The Bertz CT molecular complexity index is 432. The van der Waals surface area contributed by atoms with Crippen LogP contribution in [0.3, 0.4) is 0 Å². The van der Waals surface area contributed by atoms with E-state index in [9.17, 15) is 9.90 Å². The average molecular weight is 265 g/mol. The lowest BCUT2D eigenvalue weighted by Gasteiger charge is -2.21. The Hall–Kier alpha value is -1.59. The van der Waals surface area contributed by atoms with Crippen LogP contribution in [0.4, 0.5) is 0 Å². The van der Waals surface area contributed by atoms with Crippen molar-refractivity contribution < 1.29 is 19.4 Å². The highest BCUT2D eigenvalue weighted by Crippen LogP contribution is 2.19. The second-order valence-electron chi connectivity index (χ2n) is 4.71. The molecule has 0 saturated carbocycles. The summed E-state index contributed by atoms with van der Waals surface area (Å²) >= 11 is 0. The van der Waals surface area contributed by atoms with Gasteiger partial charge in [-0.3, -0.25) is 4.79 Å². The third kappa shape index (κ3) is 3.45. The minimum absolute atomic E-state index is 0.0627. The van der Waals surface area contributed by atoms with Gasteiger partial charge in [-0.25, -0.2) is 0 Å². The minimum Gasteiger partial charge on any atom is -0.497 e. The quantitative estimate of drug-likeness (QED) is 0.776. The van der Waals surface area contributed by atoms with Gasteiger partial charge in [0.2, 0.25) is 0 Å². The number of benzene rings is 1. The van der Waals surface area contributed by atoms with E-state index in [0.717, 1.165) is 11.3 Å². The molecule has 19 heavy (non-hydrogen) atoms. The highest BCUT2D eigenvalue weighted by molar-refractivity contribution is 5.66. The Morgan fingerprint density at radius 3 is 2.68 bits per heavy atom. The molecule has 0 aliphatic carbocycles. The second-order valence-corrected chi connectivity index (χ2v) is 4.71. The van der Waals surface area contributed by atoms with Gasteiger partial charge in [0, 0.05) is 13.5 Å². The van der Waals surface area contributed by atoms with E-state index in [1.807, 2.05) is 24.3 Å². The molecular weight excluding hydrogens is 246 g/mol. The molecular formula is C14H19NO4. The molecule has 0 radical (unpaired) electrons. The van der Waals surface area contributed by atoms with Gasteiger partial charge in [-0.2, -0.15) is 0 Å². The monoisotopic (exact) mass is 265 g/mol. The van der Waals surface area contributed by atoms with Gasteiger partial charge >= 0.3 is 5.97 Å². The van der Waals surface area contributed by atoms with Crippen LogP contribution in [0, 0.1) is 0 Å². The molecule has 1 unspecified atom stereocenters. The molecule has 1 aliphatic rings. The van der Waals surface area contributed by atoms with E-state index in [1.165, 1.54) is 6.92 Å². The van der Waals surface area contributed by atoms with Crippen molar-refractivity contribution in [3.05, 3.63) is 29.8 Å². The van der Waals surface area contributed by atoms with Crippen molar-refractivity contribution >= 4 is 5.97 Å². The molecule has 1 aliphatic heterocycles. The minimum atomic E-state index is -0.646. The van der Waals surface area contributed by atoms with E-state index in [4.69, 9.17) is 9.47 Å². The van der Waals surface area contributed by atoms with Crippen LogP contribution in [0.5, 0.6) is 5.75 Å². The number of hydrogen-bond acceptors (Lipinski definition) is 5. The molecule has 5 nitrogen and oxygen atoms in total. The lowest BCUT2D eigenvalue weighted by molar-refractivity contribution is -0.151. The maximum Gasteiger partial charge on any atom is 0.303 e. The first-order valence-corrected chi connectivity index (χ1v) is 6.31. The van der Waals surface area contributed by atoms with Crippen LogP contribution in [0.25, 0.3) is 0 Å². The van der Waals surface area contributed by atoms with Crippen molar-refractivity contribution in [2.45, 2.75) is 31.6 Å². The molecule has 1 fully saturated rings. The van der Waals surface area contributed by atoms with Gasteiger partial charge in [0.05, 0.1) is 13.2 Å². The largest absolute Gasteiger partial charge is 0.497 e. The van der Waals surface area contributed by atoms with Gasteiger partial charge in [-0.15, -0.1) is 0 Å². The summed E-state index contributed by atoms with van der Waals surface area (Å²) in [6.07, 6.45) is -0.439. The molecule has 0 amide bonds. The maximum absolute atomic E-state index is 11.0. The molecule has 0 bridgehead atoms. The van der Waals surface area contributed by atoms with Crippen LogP contribution >= 0.6 is 0 Å². The van der Waals surface area contributed by atoms with Crippen molar-refractivity contribution in [3.8, 4) is 5.75 Å². The number of carbonyl (C=O) groups excluding carboxylic acids is 1. The summed E-state index contributed by atoms with van der Waals surface area (Å²) < 4.78 is 10.3. The number of ether oxygens (including phenoxy) is 2. The molecule has 5 heteroatoms. The van der Waals surface area contributed by atoms with Crippen molar-refractivity contribution in [2.24, 2.45) is 0 Å². The Morgan fingerprint density at radius 2 is 2.11 bits per heavy atom. The van der Waals surface area contributed by atoms with Gasteiger partial charge in [0.15, 0.2) is 0 Å². The molecule has 1 saturated heterocycles. The Morgan fingerprint density at radius 1 is 1.42 bits per heavy atom. The van der Waals surface area contributed by atoms with E-state index in [1.54, 1.807) is 7.11 Å². The fraction of sp³-hybridized carbons (Fsp3) is 0.500. The lowest BCUT2D eigenvalue weighted by Crippen LogP contribution is -2.38. The summed E-state index contributed by atoms with van der Waals surface area (Å²) in [4.78, 5) is 11.0. The highest BCUT2D eigenvalue weighted by Gasteiger charge is 2.37. The lowest BCUT2D eigenvalue weighted by atomic mass is 10.0. The summed E-state index contributed by atoms with van der Waals surface area (Å²) in [6, 6.07) is 7.65. The Kier molecular flexibility index (Phi) is 4.39. The number of aliphatic hydroxyl groups is 1. The van der Waals surface area contributed by atoms with Crippen molar-refractivity contribution in [1.29, 1.82) is 0 Å². The van der Waals surface area contributed by atoms with Crippen molar-refractivity contribution in [2.75, 3.05) is 13.7 Å². The van der Waals surface area contributed by atoms with E-state index in [-0.39, 0.29) is 12.0 Å². The number of carbonyl (C=O) groups is 1. The van der Waals surface area contributed by atoms with Crippen LogP contribution in [0.15, 0.2) is 24.3 Å². The molecule has 2 rings (SSSR count). The first-order valence-electron chi connectivity index (χ1n) is 6.31. The number of β-amino-alcohol motifs (C(OH)–C–C–N with tert-alkyl or cyclic N) is 1. The van der Waals surface area contributed by atoms with Gasteiger partial charge in [-0.05, 0) is 24.1 Å². The van der Waals surface area contributed by atoms with E-state index in [2.05, 4.69) is 5.32 Å². The second kappa shape index (κ2) is 6.04. The molecule has 104 valence electrons. The zero-order chi connectivity index (χ0) is 13.8. The molecule has 1 heterocycles. The average Bonchev–Trinajstić information content (AvgIpc) is 2.72. The summed E-state index contributed by atoms with van der Waals surface area (Å²) in [5.41, 5.74) is 1.10. The highest BCUT2D eigenvalue weighted by atomic mass is 16.6. The number of esters is 1. The summed E-state index contributed by atoms with van der Waals surface area (Å²) in [6.45, 7) is 1.80. The standard InChI is InChI=1S/C14H19NO4/c1-9(16)19-14-12(15-8-13(14)17)7-10-3-5-11(18-2)6-4-10/h3-6,12-15,17H,7-8H2,1-2H3/t12-,13+,14?/m1/s1. The first kappa shape index (κ1) is 13.8. The predicted octanol–water partition coefficient (Wildman–Crippen LogP) is 0.502. The van der Waals surface area contributed by atoms with Crippen LogP contribution in [-0.2, 0) is 16.0 Å². The van der Waals surface area contributed by atoms with Crippen LogP contribution < -0.4 is 10.1 Å². The van der Waals surface area contributed by atoms with Gasteiger partial charge < -0.3 is 19.9 Å². The number of aliphatic hydroxyl groups excluding tert-OH is 1. The summed E-state index contributed by atoms with van der Waals surface area (Å²) in [5.74, 6) is 0.437. The Labute approximate surface area is 112 Å². The summed E-state index contributed by atoms with van der Waals surface area (Å²) in [7, 11) is 1.63. The van der Waals surface area contributed by atoms with Crippen LogP contribution in [0.2, 0.25) is 0 Å². The summed E-state index contributed by atoms with van der Waals surface area (Å²) in [5, 5.41) is 13.0. The normalized spacial score (nSPS) is 26.2. The molecule has 0 aromatic heterocycles. The van der Waals surface area contributed by atoms with Crippen molar-refractivity contribution in [1.82, 2.24) is 5.32 Å². The molecule has 3 atom stereocenters. The van der Waals surface area contributed by atoms with Gasteiger partial charge in [-0.1, -0.05) is 12.1 Å². The van der Waals surface area contributed by atoms with Crippen molar-refractivity contribution in [3.63, 3.8) is 0 Å². The smallest absolute Gasteiger partial charge is 0.303 e. The van der Waals surface area contributed by atoms with Gasteiger partial charge in [0.25, 0.3) is 0 Å². The van der Waals surface area contributed by atoms with Crippen LogP contribution in [0.1, 0.15) is 12.5 Å². The molecule has 0 spiro atoms. The topological polar surface area (TPSA) is 67.8 Å². The third-order valence-corrected chi connectivity index (χ3v) is 3.28. The SMILES string of the molecule is COc1ccc(C[C@H]2NC[C@H](O)C2OC(C)=O)cc1. The number of hydrogen-bond donors (Lipinski definition) is 2. The molecule has 2 N–H and O–H groups in total. The zero-order valence-electron chi connectivity index (χ0n) is 11.1. The van der Waals surface area contributed by atoms with E-state index < -0.39 is 12.2 Å². The predicted molar refractivity (Wildman–Crippen MR) is 70.0 cm³/mol.